The first-order valence-corrected chi connectivity index (χ1v) is 10.8. The smallest absolute Gasteiger partial charge is 0.254 e. The van der Waals surface area contributed by atoms with Crippen LogP contribution in [0.2, 0.25) is 0 Å². The molecule has 2 fully saturated rings. The molecule has 2 aromatic rings. The van der Waals surface area contributed by atoms with Crippen LogP contribution in [-0.2, 0) is 17.8 Å². The van der Waals surface area contributed by atoms with Crippen molar-refractivity contribution < 1.29 is 4.79 Å². The van der Waals surface area contributed by atoms with E-state index in [1.807, 2.05) is 18.7 Å². The molecule has 6 nitrogen and oxygen atoms in total. The van der Waals surface area contributed by atoms with Crippen molar-refractivity contribution in [1.82, 2.24) is 14.9 Å². The lowest BCUT2D eigenvalue weighted by Crippen LogP contribution is -2.35. The normalized spacial score (nSPS) is 20.4. The summed E-state index contributed by atoms with van der Waals surface area (Å²) in [7, 11) is 0. The topological polar surface area (TPSA) is 69.3 Å². The largest absolute Gasteiger partial charge is 0.312 e. The minimum Gasteiger partial charge on any atom is -0.312 e. The summed E-state index contributed by atoms with van der Waals surface area (Å²) in [6.07, 6.45) is 4.48. The average Bonchev–Trinajstić information content (AvgIpc) is 3.14. The van der Waals surface area contributed by atoms with Gasteiger partial charge in [-0.05, 0) is 56.8 Å². The molecule has 1 aromatic carbocycles. The summed E-state index contributed by atoms with van der Waals surface area (Å²) in [6, 6.07) is 8.38. The molecule has 29 heavy (non-hydrogen) atoms. The highest BCUT2D eigenvalue weighted by molar-refractivity contribution is 5.95. The molecule has 1 atom stereocenters. The lowest BCUT2D eigenvalue weighted by Gasteiger charge is -2.32. The monoisotopic (exact) mass is 394 g/mol. The predicted molar refractivity (Wildman–Crippen MR) is 114 cm³/mol. The number of amides is 1. The molecule has 1 aromatic heterocycles. The number of carbonyl (C=O) groups excluding carboxylic acids is 1. The van der Waals surface area contributed by atoms with Crippen LogP contribution >= 0.6 is 0 Å². The Morgan fingerprint density at radius 1 is 1.14 bits per heavy atom. The predicted octanol–water partition coefficient (Wildman–Crippen LogP) is 3.15. The summed E-state index contributed by atoms with van der Waals surface area (Å²) in [5.41, 5.74) is 3.91. The van der Waals surface area contributed by atoms with Gasteiger partial charge in [0.2, 0.25) is 5.91 Å². The Kier molecular flexibility index (Phi) is 5.81. The highest BCUT2D eigenvalue weighted by Crippen LogP contribution is 2.26. The van der Waals surface area contributed by atoms with Crippen molar-refractivity contribution in [3.8, 4) is 0 Å². The van der Waals surface area contributed by atoms with Crippen molar-refractivity contribution in [3.05, 3.63) is 57.3 Å². The standard InChI is InChI=1S/C23H30N4O2/c1-3-20-16(2)24-22(25-23(20)29)18-6-4-12-26(15-18)14-17-8-10-19(11-9-17)27-13-5-7-21(27)28/h8-11,18H,3-7,12-15H2,1-2H3,(H,24,25,29)/t18-/m1/s1. The second-order valence-corrected chi connectivity index (χ2v) is 8.26. The van der Waals surface area contributed by atoms with E-state index >= 15 is 0 Å². The number of anilines is 1. The van der Waals surface area contributed by atoms with Crippen LogP contribution in [0.4, 0.5) is 5.69 Å². The lowest BCUT2D eigenvalue weighted by atomic mass is 9.96. The van der Waals surface area contributed by atoms with Gasteiger partial charge in [-0.3, -0.25) is 14.5 Å². The molecule has 2 aliphatic rings. The maximum absolute atomic E-state index is 12.3. The molecular formula is C23H30N4O2. The number of piperidine rings is 1. The number of carbonyl (C=O) groups is 1. The van der Waals surface area contributed by atoms with Gasteiger partial charge in [0, 0.05) is 48.9 Å². The van der Waals surface area contributed by atoms with E-state index in [-0.39, 0.29) is 17.4 Å². The van der Waals surface area contributed by atoms with E-state index < -0.39 is 0 Å². The van der Waals surface area contributed by atoms with E-state index in [2.05, 4.69) is 34.1 Å². The van der Waals surface area contributed by atoms with Crippen LogP contribution in [0.3, 0.4) is 0 Å². The van der Waals surface area contributed by atoms with Crippen LogP contribution in [0.5, 0.6) is 0 Å². The first kappa shape index (κ1) is 19.8. The summed E-state index contributed by atoms with van der Waals surface area (Å²) in [4.78, 5) is 36.3. The minimum absolute atomic E-state index is 0.0131. The lowest BCUT2D eigenvalue weighted by molar-refractivity contribution is -0.117. The van der Waals surface area contributed by atoms with Crippen LogP contribution in [0, 0.1) is 6.92 Å². The van der Waals surface area contributed by atoms with E-state index in [0.29, 0.717) is 12.8 Å². The highest BCUT2D eigenvalue weighted by atomic mass is 16.2. The Morgan fingerprint density at radius 3 is 2.59 bits per heavy atom. The molecule has 0 unspecified atom stereocenters. The molecule has 0 saturated carbocycles. The third kappa shape index (κ3) is 4.27. The zero-order chi connectivity index (χ0) is 20.4. The molecule has 154 valence electrons. The Balaban J connectivity index is 1.42. The third-order valence-corrected chi connectivity index (χ3v) is 6.21. The minimum atomic E-state index is 0.0131. The average molecular weight is 395 g/mol. The zero-order valence-corrected chi connectivity index (χ0v) is 17.4. The number of rotatable bonds is 5. The second-order valence-electron chi connectivity index (χ2n) is 8.26. The fourth-order valence-corrected chi connectivity index (χ4v) is 4.62. The zero-order valence-electron chi connectivity index (χ0n) is 17.4. The molecule has 1 N–H and O–H groups in total. The Labute approximate surface area is 172 Å². The van der Waals surface area contributed by atoms with Crippen molar-refractivity contribution in [2.75, 3.05) is 24.5 Å². The van der Waals surface area contributed by atoms with Gasteiger partial charge >= 0.3 is 0 Å². The van der Waals surface area contributed by atoms with Crippen LogP contribution in [0.25, 0.3) is 0 Å². The molecule has 6 heteroatoms. The highest BCUT2D eigenvalue weighted by Gasteiger charge is 2.25. The van der Waals surface area contributed by atoms with E-state index in [9.17, 15) is 9.59 Å². The Hall–Kier alpha value is -2.47. The fraction of sp³-hybridized carbons (Fsp3) is 0.522. The van der Waals surface area contributed by atoms with E-state index in [1.165, 1.54) is 5.56 Å². The number of benzene rings is 1. The SMILES string of the molecule is CCc1c(C)nc([C@@H]2CCCN(Cc3ccc(N4CCCC4=O)cc3)C2)[nH]c1=O. The van der Waals surface area contributed by atoms with Gasteiger partial charge in [-0.2, -0.15) is 0 Å². The number of nitrogens with zero attached hydrogens (tertiary/aromatic N) is 3. The molecule has 2 saturated heterocycles. The van der Waals surface area contributed by atoms with Gasteiger partial charge in [0.05, 0.1) is 0 Å². The van der Waals surface area contributed by atoms with E-state index in [4.69, 9.17) is 4.98 Å². The fourth-order valence-electron chi connectivity index (χ4n) is 4.62. The van der Waals surface area contributed by atoms with E-state index in [1.54, 1.807) is 0 Å². The maximum Gasteiger partial charge on any atom is 0.254 e. The summed E-state index contributed by atoms with van der Waals surface area (Å²) < 4.78 is 0. The van der Waals surface area contributed by atoms with Crippen LogP contribution < -0.4 is 10.5 Å². The number of aromatic amines is 1. The van der Waals surface area contributed by atoms with Crippen molar-refractivity contribution in [2.24, 2.45) is 0 Å². The molecule has 0 spiro atoms. The van der Waals surface area contributed by atoms with Crippen LogP contribution in [-0.4, -0.2) is 40.4 Å². The Bertz CT molecular complexity index is 935. The summed E-state index contributed by atoms with van der Waals surface area (Å²) >= 11 is 0. The second kappa shape index (κ2) is 8.49. The van der Waals surface area contributed by atoms with Crippen LogP contribution in [0.15, 0.2) is 29.1 Å². The summed E-state index contributed by atoms with van der Waals surface area (Å²) in [6.45, 7) is 7.59. The number of H-pyrrole nitrogens is 1. The first-order valence-electron chi connectivity index (χ1n) is 10.8. The van der Waals surface area contributed by atoms with Gasteiger partial charge in [0.1, 0.15) is 5.82 Å². The number of aromatic nitrogens is 2. The van der Waals surface area contributed by atoms with Crippen LogP contribution in [0.1, 0.15) is 61.2 Å². The number of nitrogens with one attached hydrogen (secondary N) is 1. The number of likely N-dealkylation sites (tertiary alicyclic amines) is 1. The molecule has 0 radical (unpaired) electrons. The van der Waals surface area contributed by atoms with Gasteiger partial charge in [-0.15, -0.1) is 0 Å². The van der Waals surface area contributed by atoms with Crippen molar-refractivity contribution in [2.45, 2.75) is 58.4 Å². The molecule has 1 amide bonds. The molecule has 0 aliphatic carbocycles. The van der Waals surface area contributed by atoms with Gasteiger partial charge < -0.3 is 9.88 Å². The van der Waals surface area contributed by atoms with Gasteiger partial charge in [-0.1, -0.05) is 19.1 Å². The summed E-state index contributed by atoms with van der Waals surface area (Å²) in [5, 5.41) is 0. The number of hydrogen-bond acceptors (Lipinski definition) is 4. The molecule has 4 rings (SSSR count). The molecule has 2 aliphatic heterocycles. The number of aryl methyl sites for hydroxylation is 1. The van der Waals surface area contributed by atoms with Gasteiger partial charge in [-0.25, -0.2) is 4.98 Å². The molecular weight excluding hydrogens is 364 g/mol. The van der Waals surface area contributed by atoms with Crippen molar-refractivity contribution >= 4 is 11.6 Å². The summed E-state index contributed by atoms with van der Waals surface area (Å²) in [5.74, 6) is 1.32. The van der Waals surface area contributed by atoms with Crippen molar-refractivity contribution in [3.63, 3.8) is 0 Å². The Morgan fingerprint density at radius 2 is 1.93 bits per heavy atom. The molecule has 0 bridgehead atoms. The number of hydrogen-bond donors (Lipinski definition) is 1. The molecule has 3 heterocycles. The maximum atomic E-state index is 12.3. The first-order chi connectivity index (χ1) is 14.0. The van der Waals surface area contributed by atoms with Gasteiger partial charge in [0.15, 0.2) is 0 Å². The van der Waals surface area contributed by atoms with Gasteiger partial charge in [0.25, 0.3) is 5.56 Å². The quantitative estimate of drug-likeness (QED) is 0.846. The van der Waals surface area contributed by atoms with E-state index in [0.717, 1.165) is 68.2 Å². The third-order valence-electron chi connectivity index (χ3n) is 6.21. The van der Waals surface area contributed by atoms with Crippen molar-refractivity contribution in [1.29, 1.82) is 0 Å².